The number of benzene rings is 1. The second-order valence-electron chi connectivity index (χ2n) is 4.50. The van der Waals surface area contributed by atoms with E-state index in [-0.39, 0.29) is 11.6 Å². The number of ketones is 1. The molecular formula is C14H16FN3OS. The Labute approximate surface area is 121 Å². The van der Waals surface area contributed by atoms with E-state index in [4.69, 9.17) is 0 Å². The number of carbonyl (C=O) groups is 1. The van der Waals surface area contributed by atoms with Crippen molar-refractivity contribution >= 4 is 17.5 Å². The van der Waals surface area contributed by atoms with Crippen LogP contribution in [0.25, 0.3) is 11.4 Å². The number of thioether (sulfide) groups is 1. The van der Waals surface area contributed by atoms with Crippen molar-refractivity contribution < 1.29 is 9.18 Å². The van der Waals surface area contributed by atoms with Crippen molar-refractivity contribution in [3.05, 3.63) is 30.1 Å². The first-order valence-electron chi connectivity index (χ1n) is 6.36. The average molecular weight is 293 g/mol. The quantitative estimate of drug-likeness (QED) is 0.606. The van der Waals surface area contributed by atoms with Gasteiger partial charge in [-0.05, 0) is 25.5 Å². The number of aromatic nitrogens is 3. The number of halogens is 1. The highest BCUT2D eigenvalue weighted by Crippen LogP contribution is 2.24. The zero-order valence-corrected chi connectivity index (χ0v) is 12.3. The summed E-state index contributed by atoms with van der Waals surface area (Å²) in [6.45, 7) is 1.59. The summed E-state index contributed by atoms with van der Waals surface area (Å²) in [7, 11) is 1.81. The van der Waals surface area contributed by atoms with Crippen LogP contribution in [0.3, 0.4) is 0 Å². The van der Waals surface area contributed by atoms with Gasteiger partial charge in [0, 0.05) is 19.2 Å². The Morgan fingerprint density at radius 1 is 1.35 bits per heavy atom. The normalized spacial score (nSPS) is 10.8. The van der Waals surface area contributed by atoms with Crippen LogP contribution in [-0.2, 0) is 11.8 Å². The summed E-state index contributed by atoms with van der Waals surface area (Å²) in [5, 5.41) is 8.85. The van der Waals surface area contributed by atoms with Crippen LogP contribution in [0.2, 0.25) is 0 Å². The predicted molar refractivity (Wildman–Crippen MR) is 77.0 cm³/mol. The number of rotatable bonds is 6. The summed E-state index contributed by atoms with van der Waals surface area (Å²) in [4.78, 5) is 10.9. The molecule has 4 nitrogen and oxygen atoms in total. The SMILES string of the molecule is CC(=O)CCCSc1nnc(-c2ccccc2F)n1C. The summed E-state index contributed by atoms with van der Waals surface area (Å²) in [6.07, 6.45) is 1.38. The smallest absolute Gasteiger partial charge is 0.191 e. The molecule has 0 aliphatic carbocycles. The van der Waals surface area contributed by atoms with E-state index in [9.17, 15) is 9.18 Å². The maximum Gasteiger partial charge on any atom is 0.191 e. The van der Waals surface area contributed by atoms with Gasteiger partial charge in [0.25, 0.3) is 0 Å². The lowest BCUT2D eigenvalue weighted by atomic mass is 10.2. The molecule has 0 saturated heterocycles. The highest BCUT2D eigenvalue weighted by molar-refractivity contribution is 7.99. The molecule has 0 spiro atoms. The fourth-order valence-corrected chi connectivity index (χ4v) is 2.65. The topological polar surface area (TPSA) is 47.8 Å². The highest BCUT2D eigenvalue weighted by Gasteiger charge is 2.14. The van der Waals surface area contributed by atoms with Crippen molar-refractivity contribution in [1.29, 1.82) is 0 Å². The molecule has 1 aromatic carbocycles. The van der Waals surface area contributed by atoms with E-state index in [0.29, 0.717) is 17.8 Å². The molecule has 0 amide bonds. The molecule has 0 saturated carbocycles. The van der Waals surface area contributed by atoms with Crippen LogP contribution in [-0.4, -0.2) is 26.3 Å². The molecule has 106 valence electrons. The van der Waals surface area contributed by atoms with Gasteiger partial charge in [0.2, 0.25) is 0 Å². The first-order valence-corrected chi connectivity index (χ1v) is 7.34. The van der Waals surface area contributed by atoms with Crippen molar-refractivity contribution in [2.45, 2.75) is 24.9 Å². The first-order chi connectivity index (χ1) is 9.59. The van der Waals surface area contributed by atoms with Crippen molar-refractivity contribution in [3.63, 3.8) is 0 Å². The fraction of sp³-hybridized carbons (Fsp3) is 0.357. The first kappa shape index (κ1) is 14.7. The lowest BCUT2D eigenvalue weighted by Gasteiger charge is -2.04. The Hall–Kier alpha value is -1.69. The molecule has 0 radical (unpaired) electrons. The summed E-state index contributed by atoms with van der Waals surface area (Å²) in [5.74, 6) is 1.19. The van der Waals surface area contributed by atoms with Gasteiger partial charge in [0.05, 0.1) is 5.56 Å². The van der Waals surface area contributed by atoms with Crippen LogP contribution in [0.15, 0.2) is 29.4 Å². The molecule has 1 heterocycles. The molecule has 0 unspecified atom stereocenters. The molecule has 0 bridgehead atoms. The molecule has 6 heteroatoms. The van der Waals surface area contributed by atoms with Gasteiger partial charge in [-0.2, -0.15) is 0 Å². The van der Waals surface area contributed by atoms with Gasteiger partial charge in [0.15, 0.2) is 11.0 Å². The minimum absolute atomic E-state index is 0.190. The van der Waals surface area contributed by atoms with E-state index >= 15 is 0 Å². The summed E-state index contributed by atoms with van der Waals surface area (Å²) in [5.41, 5.74) is 0.443. The van der Waals surface area contributed by atoms with Gasteiger partial charge in [-0.1, -0.05) is 23.9 Å². The molecule has 2 aromatic rings. The van der Waals surface area contributed by atoms with Crippen LogP contribution < -0.4 is 0 Å². The van der Waals surface area contributed by atoms with Gasteiger partial charge in [0.1, 0.15) is 11.6 Å². The Kier molecular flexibility index (Phi) is 4.89. The van der Waals surface area contributed by atoms with Crippen molar-refractivity contribution in [1.82, 2.24) is 14.8 Å². The van der Waals surface area contributed by atoms with E-state index in [1.54, 1.807) is 29.7 Å². The summed E-state index contributed by atoms with van der Waals surface area (Å²) in [6, 6.07) is 6.51. The molecule has 1 aromatic heterocycles. The Morgan fingerprint density at radius 2 is 2.10 bits per heavy atom. The number of nitrogens with zero attached hydrogens (tertiary/aromatic N) is 3. The largest absolute Gasteiger partial charge is 0.305 e. The number of hydrogen-bond donors (Lipinski definition) is 0. The summed E-state index contributed by atoms with van der Waals surface area (Å²) >= 11 is 1.53. The second-order valence-corrected chi connectivity index (χ2v) is 5.56. The van der Waals surface area contributed by atoms with Crippen LogP contribution in [0.4, 0.5) is 4.39 Å². The minimum atomic E-state index is -0.309. The number of hydrogen-bond acceptors (Lipinski definition) is 4. The zero-order chi connectivity index (χ0) is 14.5. The lowest BCUT2D eigenvalue weighted by Crippen LogP contribution is -1.97. The fourth-order valence-electron chi connectivity index (χ4n) is 1.80. The average Bonchev–Trinajstić information content (AvgIpc) is 2.77. The van der Waals surface area contributed by atoms with Gasteiger partial charge >= 0.3 is 0 Å². The van der Waals surface area contributed by atoms with Gasteiger partial charge in [-0.15, -0.1) is 10.2 Å². The van der Waals surface area contributed by atoms with Crippen molar-refractivity contribution in [3.8, 4) is 11.4 Å². The predicted octanol–water partition coefficient (Wildman–Crippen LogP) is 3.08. The van der Waals surface area contributed by atoms with Gasteiger partial charge in [-0.3, -0.25) is 0 Å². The van der Waals surface area contributed by atoms with Crippen LogP contribution in [0.5, 0.6) is 0 Å². The molecule has 0 atom stereocenters. The summed E-state index contributed by atoms with van der Waals surface area (Å²) < 4.78 is 15.5. The molecule has 0 aliphatic rings. The Morgan fingerprint density at radius 3 is 2.80 bits per heavy atom. The van der Waals surface area contributed by atoms with Gasteiger partial charge < -0.3 is 9.36 Å². The molecule has 0 fully saturated rings. The van der Waals surface area contributed by atoms with E-state index in [2.05, 4.69) is 10.2 Å². The molecular weight excluding hydrogens is 277 g/mol. The van der Waals surface area contributed by atoms with Crippen LogP contribution in [0.1, 0.15) is 19.8 Å². The highest BCUT2D eigenvalue weighted by atomic mass is 32.2. The van der Waals surface area contributed by atoms with Crippen molar-refractivity contribution in [2.24, 2.45) is 7.05 Å². The van der Waals surface area contributed by atoms with Gasteiger partial charge in [-0.25, -0.2) is 4.39 Å². The van der Waals surface area contributed by atoms with E-state index in [1.165, 1.54) is 17.8 Å². The lowest BCUT2D eigenvalue weighted by molar-refractivity contribution is -0.117. The van der Waals surface area contributed by atoms with E-state index in [1.807, 2.05) is 7.05 Å². The Balaban J connectivity index is 2.08. The molecule has 0 aliphatic heterocycles. The molecule has 20 heavy (non-hydrogen) atoms. The number of Topliss-reactive ketones (excluding diaryl/α,β-unsaturated/α-hetero) is 1. The van der Waals surface area contributed by atoms with Crippen LogP contribution >= 0.6 is 11.8 Å². The monoisotopic (exact) mass is 293 g/mol. The second kappa shape index (κ2) is 6.65. The molecule has 2 rings (SSSR count). The third kappa shape index (κ3) is 3.45. The third-order valence-electron chi connectivity index (χ3n) is 2.85. The third-order valence-corrected chi connectivity index (χ3v) is 3.96. The molecule has 0 N–H and O–H groups in total. The Bertz CT molecular complexity index is 612. The number of carbonyl (C=O) groups excluding carboxylic acids is 1. The van der Waals surface area contributed by atoms with E-state index in [0.717, 1.165) is 17.3 Å². The van der Waals surface area contributed by atoms with E-state index < -0.39 is 0 Å². The zero-order valence-electron chi connectivity index (χ0n) is 11.5. The standard InChI is InChI=1S/C14H16FN3OS/c1-10(19)6-5-9-20-14-17-16-13(18(14)2)11-7-3-4-8-12(11)15/h3-4,7-8H,5-6,9H2,1-2H3. The minimum Gasteiger partial charge on any atom is -0.305 e. The van der Waals surface area contributed by atoms with Crippen molar-refractivity contribution in [2.75, 3.05) is 5.75 Å². The van der Waals surface area contributed by atoms with Crippen LogP contribution in [0, 0.1) is 5.82 Å². The maximum absolute atomic E-state index is 13.7. The maximum atomic E-state index is 13.7.